The van der Waals surface area contributed by atoms with Crippen LogP contribution < -0.4 is 14.8 Å². The van der Waals surface area contributed by atoms with E-state index in [2.05, 4.69) is 17.9 Å². The molecule has 5 aliphatic rings. The highest BCUT2D eigenvalue weighted by atomic mass is 32.3. The number of rotatable bonds is 24. The number of ether oxygens (including phenoxy) is 9. The second-order valence-corrected chi connectivity index (χ2v) is 23.1. The molecule has 5 heterocycles. The molecule has 5 rings (SSSR count). The molecule has 0 saturated carbocycles. The number of hydrogen-bond donors (Lipinski definition) is 19. The summed E-state index contributed by atoms with van der Waals surface area (Å²) in [7, 11) is -28.6. The zero-order valence-corrected chi connectivity index (χ0v) is 44.0. The number of aliphatic carboxylic acids is 2. The van der Waals surface area contributed by atoms with Gasteiger partial charge in [-0.25, -0.2) is 22.1 Å². The van der Waals surface area contributed by atoms with E-state index in [4.69, 9.17) is 47.2 Å². The average molecular weight is 1300 g/mol. The second-order valence-electron chi connectivity index (χ2n) is 17.5. The molecule has 0 aromatic carbocycles. The van der Waals surface area contributed by atoms with Gasteiger partial charge in [-0.2, -0.15) is 51.5 Å². The first-order valence-corrected chi connectivity index (χ1v) is 29.1. The normalized spacial score (nSPS) is 41.2. The molecule has 0 radical (unpaired) electrons. The number of carbonyl (C=O) groups excluding carboxylic acids is 1. The smallest absolute Gasteiger partial charge is 0.397 e. The third-order valence-electron chi connectivity index (χ3n) is 11.9. The highest BCUT2D eigenvalue weighted by molar-refractivity contribution is 7.84. The number of hydrogen-bond acceptors (Lipinski definition) is 34. The summed E-state index contributed by atoms with van der Waals surface area (Å²) in [5.41, 5.74) is 0. The van der Waals surface area contributed by atoms with Crippen molar-refractivity contribution in [3.05, 3.63) is 0 Å². The van der Waals surface area contributed by atoms with Gasteiger partial charge in [0.2, 0.25) is 5.91 Å². The van der Waals surface area contributed by atoms with Crippen LogP contribution in [0, 0.1) is 0 Å². The monoisotopic (exact) mass is 1300 g/mol. The Balaban J connectivity index is 1.51. The molecule has 44 nitrogen and oxygen atoms in total. The third kappa shape index (κ3) is 18.0. The molecule has 0 aliphatic carbocycles. The maximum atomic E-state index is 12.8. The van der Waals surface area contributed by atoms with E-state index < -0.39 is 243 Å². The summed E-state index contributed by atoms with van der Waals surface area (Å²) in [6, 6.07) is -7.30. The van der Waals surface area contributed by atoms with Crippen LogP contribution in [0.15, 0.2) is 0 Å². The lowest BCUT2D eigenvalue weighted by atomic mass is 9.94. The Morgan fingerprint density at radius 3 is 1.37 bits per heavy atom. The van der Waals surface area contributed by atoms with Crippen molar-refractivity contribution < 1.29 is 191 Å². The molecule has 472 valence electrons. The summed E-state index contributed by atoms with van der Waals surface area (Å²) in [6.07, 6.45) is -57.7. The summed E-state index contributed by atoms with van der Waals surface area (Å²) in [6.45, 7) is -3.41. The van der Waals surface area contributed by atoms with Crippen LogP contribution in [-0.4, -0.2) is 312 Å². The van der Waals surface area contributed by atoms with Gasteiger partial charge < -0.3 is 104 Å². The van der Waals surface area contributed by atoms with Crippen molar-refractivity contribution in [3.8, 4) is 0 Å². The Morgan fingerprint density at radius 1 is 0.444 bits per heavy atom. The summed E-state index contributed by atoms with van der Waals surface area (Å²) in [5, 5.41) is 120. The highest BCUT2D eigenvalue weighted by Crippen LogP contribution is 2.38. The molecule has 5 fully saturated rings. The first-order chi connectivity index (χ1) is 37.0. The standard InChI is InChI=1S/C32H53N3O41S5/c1-5(38)33-10-13(40)12(39)8(4-65-79(56,57)58)68-29(10)71-21-15(42)16(43)31(73-24(21)26(45)46)70-19-7(3-37)67-30(11(35-78(53,54)55)20(19)75-80(59,60)61)72-22-17(44)23(76-81(62,63)64)32(74-25(22)27(47)48)69-18-6(2-36)66-28(49)9(14(18)41)34-77(50,51)52/h6-25,28-32,34-37,39-44,49H,2-4H2,1H3,(H,33,38)(H,45,46)(H,47,48)(H,50,51,52)(H,53,54,55)(H,56,57,58)(H,59,60,61)(H,62,63,64)/t6-,7-,8-,9-,10-,11-,12-,13-,14-,15-,16-,17+,18-,19-,20-,21+,22+,23-,24+,25-,28?,29-,30-,31-,32-/m1/s1. The summed E-state index contributed by atoms with van der Waals surface area (Å²) >= 11 is 0. The van der Waals surface area contributed by atoms with Crippen molar-refractivity contribution in [2.24, 2.45) is 0 Å². The van der Waals surface area contributed by atoms with Gasteiger partial charge in [-0.3, -0.25) is 27.6 Å². The van der Waals surface area contributed by atoms with E-state index in [1.54, 1.807) is 0 Å². The van der Waals surface area contributed by atoms with Crippen molar-refractivity contribution in [1.29, 1.82) is 0 Å². The van der Waals surface area contributed by atoms with Crippen LogP contribution in [0.3, 0.4) is 0 Å². The van der Waals surface area contributed by atoms with E-state index in [1.165, 1.54) is 9.44 Å². The van der Waals surface area contributed by atoms with Crippen molar-refractivity contribution >= 4 is 69.7 Å². The fourth-order valence-electron chi connectivity index (χ4n) is 8.61. The van der Waals surface area contributed by atoms with Crippen LogP contribution in [-0.2, 0) is 121 Å². The predicted molar refractivity (Wildman–Crippen MR) is 235 cm³/mol. The topological polar surface area (TPSA) is 692 Å². The van der Waals surface area contributed by atoms with Gasteiger partial charge in [-0.05, 0) is 0 Å². The number of carboxylic acid groups (broad SMARTS) is 2. The lowest BCUT2D eigenvalue weighted by molar-refractivity contribution is -0.373. The van der Waals surface area contributed by atoms with Gasteiger partial charge in [-0.1, -0.05) is 0 Å². The number of aliphatic hydroxyl groups is 9. The van der Waals surface area contributed by atoms with Gasteiger partial charge in [-0.15, -0.1) is 0 Å². The minimum absolute atomic E-state index is 0.843. The van der Waals surface area contributed by atoms with E-state index in [-0.39, 0.29) is 0 Å². The molecule has 1 amide bonds. The number of aliphatic hydroxyl groups excluding tert-OH is 9. The number of amides is 1. The lowest BCUT2D eigenvalue weighted by Crippen LogP contribution is -2.71. The molecule has 5 saturated heterocycles. The molecular weight excluding hydrogens is 1240 g/mol. The Morgan fingerprint density at radius 2 is 0.889 bits per heavy atom. The molecular formula is C32H53N3O41S5. The van der Waals surface area contributed by atoms with Crippen molar-refractivity contribution in [2.75, 3.05) is 19.8 Å². The zero-order chi connectivity index (χ0) is 61.4. The fraction of sp³-hybridized carbons (Fsp3) is 0.906. The van der Waals surface area contributed by atoms with Crippen molar-refractivity contribution in [1.82, 2.24) is 14.8 Å². The molecule has 81 heavy (non-hydrogen) atoms. The van der Waals surface area contributed by atoms with E-state index in [9.17, 15) is 131 Å². The maximum absolute atomic E-state index is 12.8. The van der Waals surface area contributed by atoms with Crippen molar-refractivity contribution in [2.45, 2.75) is 160 Å². The number of nitrogens with one attached hydrogen (secondary N) is 3. The number of carbonyl (C=O) groups is 3. The van der Waals surface area contributed by atoms with Gasteiger partial charge in [0.15, 0.2) is 49.8 Å². The summed E-state index contributed by atoms with van der Waals surface area (Å²) in [5.74, 6) is -5.54. The van der Waals surface area contributed by atoms with Crippen molar-refractivity contribution in [3.63, 3.8) is 0 Å². The van der Waals surface area contributed by atoms with E-state index >= 15 is 0 Å². The molecule has 25 atom stereocenters. The fourth-order valence-corrected chi connectivity index (χ4v) is 11.1. The van der Waals surface area contributed by atoms with Gasteiger partial charge >= 0.3 is 63.7 Å². The van der Waals surface area contributed by atoms with Gasteiger partial charge in [0.05, 0.1) is 19.8 Å². The van der Waals surface area contributed by atoms with Gasteiger partial charge in [0.25, 0.3) is 0 Å². The minimum atomic E-state index is -6.11. The number of carboxylic acids is 2. The second kappa shape index (κ2) is 26.8. The van der Waals surface area contributed by atoms with Crippen LogP contribution in [0.5, 0.6) is 0 Å². The first kappa shape index (κ1) is 68.8. The molecule has 1 unspecified atom stereocenters. The Kier molecular flexibility index (Phi) is 22.7. The molecule has 19 N–H and O–H groups in total. The Bertz CT molecular complexity index is 2780. The van der Waals surface area contributed by atoms with E-state index in [0.717, 1.165) is 6.92 Å². The van der Waals surface area contributed by atoms with E-state index in [1.807, 2.05) is 0 Å². The Labute approximate surface area is 453 Å². The Hall–Kier alpha value is -2.96. The van der Waals surface area contributed by atoms with E-state index in [0.29, 0.717) is 0 Å². The highest BCUT2D eigenvalue weighted by Gasteiger charge is 2.61. The molecule has 5 aliphatic heterocycles. The van der Waals surface area contributed by atoms with Crippen LogP contribution in [0.25, 0.3) is 0 Å². The zero-order valence-electron chi connectivity index (χ0n) is 40.0. The quantitative estimate of drug-likeness (QED) is 0.0399. The molecule has 49 heteroatoms. The lowest BCUT2D eigenvalue weighted by Gasteiger charge is -2.50. The van der Waals surface area contributed by atoms with Gasteiger partial charge in [0, 0.05) is 6.92 Å². The first-order valence-electron chi connectivity index (χ1n) is 22.1. The summed E-state index contributed by atoms with van der Waals surface area (Å²) < 4.78 is 231. The minimum Gasteiger partial charge on any atom is -0.479 e. The molecule has 0 aromatic heterocycles. The third-order valence-corrected chi connectivity index (χ3v) is 14.4. The van der Waals surface area contributed by atoms with Crippen LogP contribution >= 0.6 is 0 Å². The maximum Gasteiger partial charge on any atom is 0.397 e. The van der Waals surface area contributed by atoms with Crippen LogP contribution in [0.1, 0.15) is 6.92 Å². The summed E-state index contributed by atoms with van der Waals surface area (Å²) in [4.78, 5) is 37.6. The molecule has 0 spiro atoms. The van der Waals surface area contributed by atoms with Crippen LogP contribution in [0.4, 0.5) is 0 Å². The van der Waals surface area contributed by atoms with Crippen LogP contribution in [0.2, 0.25) is 0 Å². The molecule has 0 bridgehead atoms. The largest absolute Gasteiger partial charge is 0.479 e. The SMILES string of the molecule is CC(=O)N[C@H]1[C@@H](O[C@H]2[C@H](O)[C@@H](O)[C@H](O[C@H]3[C@H](OS(=O)(=O)O)[C@@H](NS(=O)(=O)O)[C@@H](O[C@H]4[C@H](O)[C@@H](OS(=O)(=O)O)[C@H](O[C@H]5[C@H](O)[C@@H](NS(=O)(=O)O)C(O)O[C@@H]5CO)O[C@H]4C(=O)O)O[C@@H]3CO)O[C@@H]2C(=O)O)O[C@H](COS(=O)(=O)O)[C@@H](O)[C@@H]1O. The van der Waals surface area contributed by atoms with Gasteiger partial charge in [0.1, 0.15) is 104 Å². The predicted octanol–water partition coefficient (Wildman–Crippen LogP) is -13.3. The molecule has 0 aromatic rings. The average Bonchev–Trinajstić information content (AvgIpc) is 3.52.